The molecule has 0 unspecified atom stereocenters. The van der Waals surface area contributed by atoms with E-state index in [0.717, 1.165) is 6.07 Å². The molecule has 0 fully saturated rings. The Morgan fingerprint density at radius 2 is 2.21 bits per heavy atom. The summed E-state index contributed by atoms with van der Waals surface area (Å²) < 4.78 is 42.4. The predicted octanol–water partition coefficient (Wildman–Crippen LogP) is 1.63. The van der Waals surface area contributed by atoms with Crippen LogP contribution in [-0.4, -0.2) is 12.1 Å². The van der Waals surface area contributed by atoms with Gasteiger partial charge in [0.25, 0.3) is 6.43 Å². The Morgan fingerprint density at radius 1 is 1.57 bits per heavy atom. The van der Waals surface area contributed by atoms with E-state index in [9.17, 15) is 13.2 Å². The first kappa shape index (κ1) is 10.8. The summed E-state index contributed by atoms with van der Waals surface area (Å²) in [4.78, 5) is 3.60. The molecule has 6 heteroatoms. The van der Waals surface area contributed by atoms with Crippen molar-refractivity contribution in [3.8, 4) is 5.88 Å². The standard InChI is InChI=1S/C8H9F3N2O/c1-14-6-2-4(8(10)11)7(9)5(3-12)13-6/h2,8H,3,12H2,1H3. The maximum absolute atomic E-state index is 13.2. The molecule has 0 radical (unpaired) electrons. The molecular formula is C8H9F3N2O. The van der Waals surface area contributed by atoms with Gasteiger partial charge in [-0.1, -0.05) is 0 Å². The summed E-state index contributed by atoms with van der Waals surface area (Å²) >= 11 is 0. The van der Waals surface area contributed by atoms with E-state index < -0.39 is 17.8 Å². The highest BCUT2D eigenvalue weighted by molar-refractivity contribution is 5.28. The monoisotopic (exact) mass is 206 g/mol. The van der Waals surface area contributed by atoms with Gasteiger partial charge in [-0.05, 0) is 0 Å². The lowest BCUT2D eigenvalue weighted by Gasteiger charge is -2.08. The van der Waals surface area contributed by atoms with Gasteiger partial charge in [-0.15, -0.1) is 0 Å². The summed E-state index contributed by atoms with van der Waals surface area (Å²) in [5, 5.41) is 0. The number of hydrogen-bond acceptors (Lipinski definition) is 3. The number of alkyl halides is 2. The topological polar surface area (TPSA) is 48.1 Å². The van der Waals surface area contributed by atoms with Crippen LogP contribution in [-0.2, 0) is 6.54 Å². The van der Waals surface area contributed by atoms with E-state index >= 15 is 0 Å². The number of pyridine rings is 1. The first-order valence-corrected chi connectivity index (χ1v) is 3.81. The Kier molecular flexibility index (Phi) is 3.29. The van der Waals surface area contributed by atoms with Crippen LogP contribution >= 0.6 is 0 Å². The zero-order valence-corrected chi connectivity index (χ0v) is 7.43. The first-order chi connectivity index (χ1) is 6.60. The highest BCUT2D eigenvalue weighted by Gasteiger charge is 2.18. The zero-order chi connectivity index (χ0) is 10.7. The van der Waals surface area contributed by atoms with Crippen molar-refractivity contribution >= 4 is 0 Å². The van der Waals surface area contributed by atoms with E-state index in [1.54, 1.807) is 0 Å². The fourth-order valence-electron chi connectivity index (χ4n) is 0.976. The molecule has 0 saturated carbocycles. The van der Waals surface area contributed by atoms with Crippen molar-refractivity contribution in [2.24, 2.45) is 5.73 Å². The number of halogens is 3. The molecule has 14 heavy (non-hydrogen) atoms. The molecule has 0 bridgehead atoms. The van der Waals surface area contributed by atoms with Crippen molar-refractivity contribution < 1.29 is 17.9 Å². The van der Waals surface area contributed by atoms with Crippen LogP contribution in [0.4, 0.5) is 13.2 Å². The Balaban J connectivity index is 3.27. The molecule has 2 N–H and O–H groups in total. The Morgan fingerprint density at radius 3 is 2.64 bits per heavy atom. The van der Waals surface area contributed by atoms with E-state index in [2.05, 4.69) is 9.72 Å². The first-order valence-electron chi connectivity index (χ1n) is 3.81. The molecule has 0 aliphatic rings. The van der Waals surface area contributed by atoms with Crippen molar-refractivity contribution in [3.05, 3.63) is 23.1 Å². The average Bonchev–Trinajstić information content (AvgIpc) is 2.17. The molecule has 1 rings (SSSR count). The van der Waals surface area contributed by atoms with E-state index in [4.69, 9.17) is 5.73 Å². The van der Waals surface area contributed by atoms with Crippen LogP contribution in [0.15, 0.2) is 6.07 Å². The normalized spacial score (nSPS) is 10.7. The number of ether oxygens (including phenoxy) is 1. The lowest BCUT2D eigenvalue weighted by molar-refractivity contribution is 0.145. The van der Waals surface area contributed by atoms with Gasteiger partial charge in [0.2, 0.25) is 5.88 Å². The molecule has 1 heterocycles. The molecule has 0 amide bonds. The highest BCUT2D eigenvalue weighted by Crippen LogP contribution is 2.26. The molecule has 0 aromatic carbocycles. The fourth-order valence-corrected chi connectivity index (χ4v) is 0.976. The highest BCUT2D eigenvalue weighted by atomic mass is 19.3. The predicted molar refractivity (Wildman–Crippen MR) is 43.6 cm³/mol. The van der Waals surface area contributed by atoms with E-state index in [0.29, 0.717) is 0 Å². The van der Waals surface area contributed by atoms with Crippen LogP contribution in [0.25, 0.3) is 0 Å². The minimum atomic E-state index is -2.91. The van der Waals surface area contributed by atoms with Crippen LogP contribution in [0.3, 0.4) is 0 Å². The number of nitrogens with two attached hydrogens (primary N) is 1. The van der Waals surface area contributed by atoms with Gasteiger partial charge in [-0.2, -0.15) is 0 Å². The third kappa shape index (κ3) is 1.95. The fraction of sp³-hybridized carbons (Fsp3) is 0.375. The molecule has 1 aromatic heterocycles. The van der Waals surface area contributed by atoms with Crippen LogP contribution in [0.5, 0.6) is 5.88 Å². The summed E-state index contributed by atoms with van der Waals surface area (Å²) in [6.45, 7) is -0.247. The smallest absolute Gasteiger partial charge is 0.266 e. The van der Waals surface area contributed by atoms with E-state index in [1.165, 1.54) is 7.11 Å². The lowest BCUT2D eigenvalue weighted by Crippen LogP contribution is -2.07. The maximum atomic E-state index is 13.2. The van der Waals surface area contributed by atoms with Gasteiger partial charge in [-0.25, -0.2) is 18.2 Å². The molecule has 1 aromatic rings. The molecule has 0 spiro atoms. The zero-order valence-electron chi connectivity index (χ0n) is 7.43. The molecule has 0 atom stereocenters. The molecular weight excluding hydrogens is 197 g/mol. The van der Waals surface area contributed by atoms with Crippen LogP contribution in [0.2, 0.25) is 0 Å². The third-order valence-electron chi connectivity index (χ3n) is 1.67. The second-order valence-electron chi connectivity index (χ2n) is 2.52. The third-order valence-corrected chi connectivity index (χ3v) is 1.67. The molecule has 0 aliphatic heterocycles. The summed E-state index contributed by atoms with van der Waals surface area (Å²) in [5.74, 6) is -1.13. The van der Waals surface area contributed by atoms with Crippen LogP contribution in [0, 0.1) is 5.82 Å². The largest absolute Gasteiger partial charge is 0.481 e. The Hall–Kier alpha value is -1.30. The minimum Gasteiger partial charge on any atom is -0.481 e. The number of rotatable bonds is 3. The van der Waals surface area contributed by atoms with Crippen LogP contribution < -0.4 is 10.5 Å². The SMILES string of the molecule is COc1cc(C(F)F)c(F)c(CN)n1. The van der Waals surface area contributed by atoms with Crippen molar-refractivity contribution in [1.29, 1.82) is 0 Å². The average molecular weight is 206 g/mol. The Bertz CT molecular complexity index is 331. The number of hydrogen-bond donors (Lipinski definition) is 1. The summed E-state index contributed by atoms with van der Waals surface area (Å²) in [7, 11) is 1.26. The van der Waals surface area contributed by atoms with Gasteiger partial charge >= 0.3 is 0 Å². The molecule has 0 aliphatic carbocycles. The van der Waals surface area contributed by atoms with Crippen LogP contribution in [0.1, 0.15) is 17.7 Å². The second kappa shape index (κ2) is 4.28. The van der Waals surface area contributed by atoms with Crippen molar-refractivity contribution in [1.82, 2.24) is 4.98 Å². The second-order valence-corrected chi connectivity index (χ2v) is 2.52. The van der Waals surface area contributed by atoms with Gasteiger partial charge in [0.15, 0.2) is 5.82 Å². The molecule has 78 valence electrons. The number of nitrogens with zero attached hydrogens (tertiary/aromatic N) is 1. The van der Waals surface area contributed by atoms with Gasteiger partial charge in [0.1, 0.15) is 0 Å². The quantitative estimate of drug-likeness (QED) is 0.817. The summed E-state index contributed by atoms with van der Waals surface area (Å²) in [6.07, 6.45) is -2.91. The van der Waals surface area contributed by atoms with Gasteiger partial charge in [0.05, 0.1) is 18.4 Å². The van der Waals surface area contributed by atoms with E-state index in [-0.39, 0.29) is 18.1 Å². The molecule has 0 saturated heterocycles. The van der Waals surface area contributed by atoms with Crippen molar-refractivity contribution in [2.75, 3.05) is 7.11 Å². The van der Waals surface area contributed by atoms with Gasteiger partial charge in [0, 0.05) is 12.6 Å². The maximum Gasteiger partial charge on any atom is 0.266 e. The molecule has 3 nitrogen and oxygen atoms in total. The summed E-state index contributed by atoms with van der Waals surface area (Å²) in [6, 6.07) is 0.860. The summed E-state index contributed by atoms with van der Waals surface area (Å²) in [5.41, 5.74) is 4.18. The number of aromatic nitrogens is 1. The minimum absolute atomic E-state index is 0.0675. The lowest BCUT2D eigenvalue weighted by atomic mass is 10.2. The number of methoxy groups -OCH3 is 1. The Labute approximate surface area is 78.7 Å². The van der Waals surface area contributed by atoms with Crippen molar-refractivity contribution in [3.63, 3.8) is 0 Å². The van der Waals surface area contributed by atoms with Crippen molar-refractivity contribution in [2.45, 2.75) is 13.0 Å². The van der Waals surface area contributed by atoms with Gasteiger partial charge < -0.3 is 10.5 Å². The van der Waals surface area contributed by atoms with E-state index in [1.807, 2.05) is 0 Å². The van der Waals surface area contributed by atoms with Gasteiger partial charge in [-0.3, -0.25) is 0 Å².